The maximum absolute atomic E-state index is 13.2. The Morgan fingerprint density at radius 3 is 2.85 bits per heavy atom. The number of methoxy groups -OCH3 is 1. The van der Waals surface area contributed by atoms with Crippen LogP contribution in [-0.2, 0) is 18.3 Å². The van der Waals surface area contributed by atoms with Crippen LogP contribution < -0.4 is 5.56 Å². The number of hydrogen-bond donors (Lipinski definition) is 0. The number of amides is 1. The molecule has 0 unspecified atom stereocenters. The lowest BCUT2D eigenvalue weighted by atomic mass is 10.1. The van der Waals surface area contributed by atoms with Gasteiger partial charge in [0.25, 0.3) is 11.5 Å². The molecule has 0 spiro atoms. The number of nitrogens with zero attached hydrogens (tertiary/aromatic N) is 4. The summed E-state index contributed by atoms with van der Waals surface area (Å²) in [5, 5.41) is 4.28. The Bertz CT molecular complexity index is 811. The van der Waals surface area contributed by atoms with Gasteiger partial charge in [-0.3, -0.25) is 9.59 Å². The average molecular weight is 358 g/mol. The monoisotopic (exact) mass is 358 g/mol. The van der Waals surface area contributed by atoms with Crippen molar-refractivity contribution in [3.63, 3.8) is 0 Å². The van der Waals surface area contributed by atoms with E-state index in [1.54, 1.807) is 7.11 Å². The van der Waals surface area contributed by atoms with Gasteiger partial charge in [-0.15, -0.1) is 0 Å². The van der Waals surface area contributed by atoms with Crippen LogP contribution in [0.25, 0.3) is 0 Å². The summed E-state index contributed by atoms with van der Waals surface area (Å²) in [6.45, 7) is 1.41. The van der Waals surface area contributed by atoms with Crippen molar-refractivity contribution in [3.05, 3.63) is 52.2 Å². The van der Waals surface area contributed by atoms with E-state index < -0.39 is 0 Å². The van der Waals surface area contributed by atoms with Crippen molar-refractivity contribution in [1.29, 1.82) is 0 Å². The molecular formula is C19H26N4O3. The molecule has 0 bridgehead atoms. The number of carbonyl (C=O) groups excluding carboxylic acids is 1. The van der Waals surface area contributed by atoms with Gasteiger partial charge >= 0.3 is 0 Å². The van der Waals surface area contributed by atoms with Crippen molar-refractivity contribution in [1.82, 2.24) is 19.2 Å². The van der Waals surface area contributed by atoms with E-state index in [1.165, 1.54) is 16.8 Å². The quantitative estimate of drug-likeness (QED) is 0.820. The molecule has 1 aliphatic rings. The first-order chi connectivity index (χ1) is 12.6. The molecule has 1 fully saturated rings. The van der Waals surface area contributed by atoms with Crippen LogP contribution in [-0.4, -0.2) is 45.4 Å². The van der Waals surface area contributed by atoms with Crippen LogP contribution in [0.2, 0.25) is 0 Å². The fraction of sp³-hybridized carbons (Fsp3) is 0.526. The normalized spacial score (nSPS) is 17.9. The summed E-state index contributed by atoms with van der Waals surface area (Å²) in [5.41, 5.74) is 1.21. The van der Waals surface area contributed by atoms with Crippen LogP contribution in [0.15, 0.2) is 35.3 Å². The minimum absolute atomic E-state index is 0.0335. The summed E-state index contributed by atoms with van der Waals surface area (Å²) in [5.74, 6) is -0.121. The Hall–Kier alpha value is -2.41. The van der Waals surface area contributed by atoms with Gasteiger partial charge in [0.1, 0.15) is 5.69 Å². The van der Waals surface area contributed by atoms with E-state index in [9.17, 15) is 9.59 Å². The highest BCUT2D eigenvalue weighted by molar-refractivity contribution is 5.92. The smallest absolute Gasteiger partial charge is 0.274 e. The van der Waals surface area contributed by atoms with E-state index in [4.69, 9.17) is 4.74 Å². The lowest BCUT2D eigenvalue weighted by molar-refractivity contribution is 0.0664. The molecule has 1 aliphatic heterocycles. The fourth-order valence-corrected chi connectivity index (χ4v) is 3.53. The average Bonchev–Trinajstić information content (AvgIpc) is 2.92. The first-order valence-corrected chi connectivity index (χ1v) is 9.11. The lowest BCUT2D eigenvalue weighted by Crippen LogP contribution is -2.37. The highest BCUT2D eigenvalue weighted by Crippen LogP contribution is 2.31. The van der Waals surface area contributed by atoms with E-state index in [2.05, 4.69) is 15.7 Å². The van der Waals surface area contributed by atoms with E-state index in [-0.39, 0.29) is 17.5 Å². The van der Waals surface area contributed by atoms with Gasteiger partial charge in [0.05, 0.1) is 19.2 Å². The Kier molecular flexibility index (Phi) is 5.88. The largest absolute Gasteiger partial charge is 0.383 e. The zero-order valence-electron chi connectivity index (χ0n) is 15.4. The van der Waals surface area contributed by atoms with E-state index in [0.29, 0.717) is 25.4 Å². The van der Waals surface area contributed by atoms with Gasteiger partial charge in [-0.1, -0.05) is 12.8 Å². The molecule has 3 rings (SSSR count). The van der Waals surface area contributed by atoms with Crippen molar-refractivity contribution in [2.75, 3.05) is 20.3 Å². The van der Waals surface area contributed by atoms with Crippen molar-refractivity contribution in [2.24, 2.45) is 7.05 Å². The van der Waals surface area contributed by atoms with Crippen molar-refractivity contribution < 1.29 is 9.53 Å². The Morgan fingerprint density at radius 2 is 2.12 bits per heavy atom. The highest BCUT2D eigenvalue weighted by atomic mass is 16.5. The zero-order valence-corrected chi connectivity index (χ0v) is 15.4. The molecule has 140 valence electrons. The third-order valence-corrected chi connectivity index (χ3v) is 4.93. The number of rotatable bonds is 5. The Labute approximate surface area is 153 Å². The van der Waals surface area contributed by atoms with Crippen LogP contribution in [0, 0.1) is 0 Å². The third kappa shape index (κ3) is 3.88. The van der Waals surface area contributed by atoms with Crippen LogP contribution in [0.4, 0.5) is 0 Å². The molecule has 7 nitrogen and oxygen atoms in total. The summed E-state index contributed by atoms with van der Waals surface area (Å²) >= 11 is 0. The second-order valence-electron chi connectivity index (χ2n) is 6.68. The summed E-state index contributed by atoms with van der Waals surface area (Å²) in [4.78, 5) is 27.1. The zero-order chi connectivity index (χ0) is 18.5. The number of carbonyl (C=O) groups is 1. The standard InChI is InChI=1S/C19H26N4O3/c1-21-11-6-8-16(21)17-7-4-3-5-12-22(17)19(25)15-9-10-18(24)23(20-15)13-14-26-2/h6,8-11,17H,3-5,7,12-14H2,1-2H3/t17-/m1/s1. The highest BCUT2D eigenvalue weighted by Gasteiger charge is 2.29. The van der Waals surface area contributed by atoms with E-state index >= 15 is 0 Å². The van der Waals surface area contributed by atoms with Crippen molar-refractivity contribution in [2.45, 2.75) is 38.3 Å². The number of ether oxygens (including phenoxy) is 1. The van der Waals surface area contributed by atoms with Crippen molar-refractivity contribution >= 4 is 5.91 Å². The minimum atomic E-state index is -0.228. The first kappa shape index (κ1) is 18.4. The predicted octanol–water partition coefficient (Wildman–Crippen LogP) is 1.99. The molecule has 1 saturated heterocycles. The van der Waals surface area contributed by atoms with Crippen LogP contribution in [0.3, 0.4) is 0 Å². The van der Waals surface area contributed by atoms with Crippen LogP contribution >= 0.6 is 0 Å². The Balaban J connectivity index is 1.90. The molecule has 0 aromatic carbocycles. The third-order valence-electron chi connectivity index (χ3n) is 4.93. The molecule has 7 heteroatoms. The van der Waals surface area contributed by atoms with Crippen LogP contribution in [0.5, 0.6) is 0 Å². The SMILES string of the molecule is COCCn1nc(C(=O)N2CCCCC[C@@H]2c2cccn2C)ccc1=O. The molecule has 0 N–H and O–H groups in total. The second kappa shape index (κ2) is 8.31. The topological polar surface area (TPSA) is 69.4 Å². The van der Waals surface area contributed by atoms with Gasteiger partial charge in [0, 0.05) is 38.7 Å². The van der Waals surface area contributed by atoms with Crippen molar-refractivity contribution in [3.8, 4) is 0 Å². The molecule has 2 aromatic rings. The molecule has 26 heavy (non-hydrogen) atoms. The summed E-state index contributed by atoms with van der Waals surface area (Å²) in [6, 6.07) is 7.05. The first-order valence-electron chi connectivity index (χ1n) is 9.11. The predicted molar refractivity (Wildman–Crippen MR) is 98.0 cm³/mol. The Morgan fingerprint density at radius 1 is 1.27 bits per heavy atom. The van der Waals surface area contributed by atoms with Gasteiger partial charge in [0.15, 0.2) is 0 Å². The van der Waals surface area contributed by atoms with E-state index in [0.717, 1.165) is 31.4 Å². The molecule has 3 heterocycles. The van der Waals surface area contributed by atoms with Gasteiger partial charge in [-0.25, -0.2) is 4.68 Å². The summed E-state index contributed by atoms with van der Waals surface area (Å²) in [7, 11) is 3.58. The molecular weight excluding hydrogens is 332 g/mol. The maximum atomic E-state index is 13.2. The minimum Gasteiger partial charge on any atom is -0.383 e. The number of aryl methyl sites for hydroxylation is 1. The molecule has 0 radical (unpaired) electrons. The molecule has 0 aliphatic carbocycles. The van der Waals surface area contributed by atoms with Crippen LogP contribution in [0.1, 0.15) is 47.9 Å². The van der Waals surface area contributed by atoms with Gasteiger partial charge < -0.3 is 14.2 Å². The van der Waals surface area contributed by atoms with Gasteiger partial charge in [-0.05, 0) is 31.0 Å². The second-order valence-corrected chi connectivity index (χ2v) is 6.68. The number of likely N-dealkylation sites (tertiary alicyclic amines) is 1. The molecule has 1 atom stereocenters. The fourth-order valence-electron chi connectivity index (χ4n) is 3.53. The van der Waals surface area contributed by atoms with Gasteiger partial charge in [0.2, 0.25) is 0 Å². The molecule has 2 aromatic heterocycles. The van der Waals surface area contributed by atoms with Gasteiger partial charge in [-0.2, -0.15) is 5.10 Å². The molecule has 0 saturated carbocycles. The van der Waals surface area contributed by atoms with E-state index in [1.807, 2.05) is 24.2 Å². The summed E-state index contributed by atoms with van der Waals surface area (Å²) in [6.07, 6.45) is 6.14. The molecule has 1 amide bonds. The summed E-state index contributed by atoms with van der Waals surface area (Å²) < 4.78 is 8.39. The lowest BCUT2D eigenvalue weighted by Gasteiger charge is -2.30. The number of aromatic nitrogens is 3. The maximum Gasteiger partial charge on any atom is 0.274 e. The number of hydrogen-bond acceptors (Lipinski definition) is 4.